The highest BCUT2D eigenvalue weighted by Gasteiger charge is 2.31. The average Bonchev–Trinajstić information content (AvgIpc) is 2.82. The number of aryl methyl sites for hydroxylation is 1. The summed E-state index contributed by atoms with van der Waals surface area (Å²) in [6, 6.07) is 13.8. The quantitative estimate of drug-likeness (QED) is 0.238. The zero-order valence-electron chi connectivity index (χ0n) is 18.5. The van der Waals surface area contributed by atoms with E-state index in [1.165, 1.54) is 24.3 Å². The second-order valence-electron chi connectivity index (χ2n) is 7.87. The highest BCUT2D eigenvalue weighted by molar-refractivity contribution is 9.10. The summed E-state index contributed by atoms with van der Waals surface area (Å²) < 4.78 is 60.5. The number of ether oxygens (including phenoxy) is 1. The molecule has 0 saturated carbocycles. The predicted molar refractivity (Wildman–Crippen MR) is 131 cm³/mol. The summed E-state index contributed by atoms with van der Waals surface area (Å²) in [5, 5.41) is 11.0. The molecule has 0 saturated heterocycles. The molecule has 0 unspecified atom stereocenters. The maximum Gasteiger partial charge on any atom is 0.416 e. The van der Waals surface area contributed by atoms with Crippen LogP contribution in [0.4, 0.5) is 17.6 Å². The number of hydrogen-bond donors (Lipinski definition) is 1. The Labute approximate surface area is 216 Å². The molecule has 1 aromatic heterocycles. The SMILES string of the molecule is Cc1ccc2c(C(=O)NC[C@H](F)c3ccc(Br)cc3Cl)c(Oc3cccc(C(F)(F)F)c3)nnc2c1. The first-order valence-electron chi connectivity index (χ1n) is 10.5. The van der Waals surface area contributed by atoms with Crippen molar-refractivity contribution in [2.24, 2.45) is 0 Å². The van der Waals surface area contributed by atoms with E-state index in [4.69, 9.17) is 16.3 Å². The Kier molecular flexibility index (Phi) is 7.46. The largest absolute Gasteiger partial charge is 0.437 e. The van der Waals surface area contributed by atoms with E-state index in [2.05, 4.69) is 31.4 Å². The van der Waals surface area contributed by atoms with Gasteiger partial charge in [-0.05, 0) is 48.9 Å². The molecule has 1 atom stereocenters. The molecular formula is C25H17BrClF4N3O2. The summed E-state index contributed by atoms with van der Waals surface area (Å²) in [6.45, 7) is 1.41. The van der Waals surface area contributed by atoms with Crippen molar-refractivity contribution in [3.63, 3.8) is 0 Å². The van der Waals surface area contributed by atoms with Gasteiger partial charge in [-0.25, -0.2) is 4.39 Å². The van der Waals surface area contributed by atoms with Crippen molar-refractivity contribution in [1.29, 1.82) is 0 Å². The fourth-order valence-electron chi connectivity index (χ4n) is 3.47. The zero-order chi connectivity index (χ0) is 26.0. The lowest BCUT2D eigenvalue weighted by atomic mass is 10.1. The van der Waals surface area contributed by atoms with Crippen LogP contribution in [0.5, 0.6) is 11.6 Å². The van der Waals surface area contributed by atoms with E-state index >= 15 is 0 Å². The first kappa shape index (κ1) is 25.8. The van der Waals surface area contributed by atoms with Gasteiger partial charge < -0.3 is 10.1 Å². The van der Waals surface area contributed by atoms with Crippen LogP contribution in [0.1, 0.15) is 33.2 Å². The lowest BCUT2D eigenvalue weighted by molar-refractivity contribution is -0.137. The smallest absolute Gasteiger partial charge is 0.416 e. The molecule has 36 heavy (non-hydrogen) atoms. The summed E-state index contributed by atoms with van der Waals surface area (Å²) in [5.41, 5.74) is 0.384. The van der Waals surface area contributed by atoms with Crippen molar-refractivity contribution in [2.75, 3.05) is 6.54 Å². The third-order valence-electron chi connectivity index (χ3n) is 5.23. The molecule has 5 nitrogen and oxygen atoms in total. The third-order valence-corrected chi connectivity index (χ3v) is 6.05. The summed E-state index contributed by atoms with van der Waals surface area (Å²) >= 11 is 9.36. The van der Waals surface area contributed by atoms with Crippen LogP contribution in [0, 0.1) is 6.92 Å². The molecule has 1 amide bonds. The number of alkyl halides is 4. The summed E-state index contributed by atoms with van der Waals surface area (Å²) in [5.74, 6) is -1.25. The molecule has 0 radical (unpaired) electrons. The number of hydrogen-bond acceptors (Lipinski definition) is 4. The van der Waals surface area contributed by atoms with Gasteiger partial charge in [-0.15, -0.1) is 10.2 Å². The van der Waals surface area contributed by atoms with Gasteiger partial charge in [0.15, 0.2) is 0 Å². The van der Waals surface area contributed by atoms with Crippen LogP contribution < -0.4 is 10.1 Å². The first-order chi connectivity index (χ1) is 17.0. The van der Waals surface area contributed by atoms with Gasteiger partial charge in [-0.1, -0.05) is 51.8 Å². The molecule has 4 rings (SSSR count). The van der Waals surface area contributed by atoms with Crippen molar-refractivity contribution >= 4 is 44.3 Å². The molecule has 0 spiro atoms. The van der Waals surface area contributed by atoms with Crippen molar-refractivity contribution in [3.05, 3.63) is 92.4 Å². The number of aromatic nitrogens is 2. The Morgan fingerprint density at radius 2 is 1.89 bits per heavy atom. The summed E-state index contributed by atoms with van der Waals surface area (Å²) in [7, 11) is 0. The van der Waals surface area contributed by atoms with Crippen LogP contribution in [0.3, 0.4) is 0 Å². The number of fused-ring (bicyclic) bond motifs is 1. The molecule has 0 fully saturated rings. The van der Waals surface area contributed by atoms with Gasteiger partial charge in [-0.2, -0.15) is 13.2 Å². The minimum absolute atomic E-state index is 0.0912. The molecule has 3 aromatic carbocycles. The Morgan fingerprint density at radius 1 is 1.11 bits per heavy atom. The average molecular weight is 583 g/mol. The Bertz CT molecular complexity index is 1450. The zero-order valence-corrected chi connectivity index (χ0v) is 20.9. The number of benzene rings is 3. The van der Waals surface area contributed by atoms with Gasteiger partial charge in [0.05, 0.1) is 17.6 Å². The number of nitrogens with one attached hydrogen (secondary N) is 1. The molecule has 0 aliphatic carbocycles. The number of carbonyl (C=O) groups excluding carboxylic acids is 1. The topological polar surface area (TPSA) is 64.1 Å². The lowest BCUT2D eigenvalue weighted by Crippen LogP contribution is -2.28. The van der Waals surface area contributed by atoms with Gasteiger partial charge in [0.25, 0.3) is 11.8 Å². The molecule has 186 valence electrons. The number of rotatable bonds is 6. The van der Waals surface area contributed by atoms with E-state index in [1.807, 2.05) is 6.92 Å². The van der Waals surface area contributed by atoms with Crippen LogP contribution >= 0.6 is 27.5 Å². The van der Waals surface area contributed by atoms with E-state index in [-0.39, 0.29) is 27.8 Å². The van der Waals surface area contributed by atoms with E-state index < -0.39 is 30.4 Å². The maximum absolute atomic E-state index is 14.9. The molecule has 4 aromatic rings. The van der Waals surface area contributed by atoms with E-state index in [0.717, 1.165) is 17.7 Å². The molecule has 0 bridgehead atoms. The fraction of sp³-hybridized carbons (Fsp3) is 0.160. The molecule has 0 aliphatic rings. The molecule has 1 N–H and O–H groups in total. The van der Waals surface area contributed by atoms with Crippen molar-refractivity contribution in [3.8, 4) is 11.6 Å². The maximum atomic E-state index is 14.9. The number of amides is 1. The van der Waals surface area contributed by atoms with E-state index in [1.54, 1.807) is 24.3 Å². The first-order valence-corrected chi connectivity index (χ1v) is 11.7. The van der Waals surface area contributed by atoms with Crippen molar-refractivity contribution in [1.82, 2.24) is 15.5 Å². The minimum atomic E-state index is -4.59. The van der Waals surface area contributed by atoms with Gasteiger partial charge >= 0.3 is 6.18 Å². The summed E-state index contributed by atoms with van der Waals surface area (Å²) in [4.78, 5) is 13.2. The standard InChI is InChI=1S/C25H17BrClF4N3O2/c1-13-5-7-18-21(9-13)33-34-24(36-16-4-2-3-14(10-16)25(29,30)31)22(18)23(35)32-12-20(28)17-8-6-15(26)11-19(17)27/h2-11,20H,12H2,1H3,(H,32,35)/t20-/m0/s1. The van der Waals surface area contributed by atoms with Crippen LogP contribution in [0.25, 0.3) is 10.9 Å². The van der Waals surface area contributed by atoms with Crippen LogP contribution in [-0.4, -0.2) is 22.6 Å². The highest BCUT2D eigenvalue weighted by Crippen LogP contribution is 2.34. The Hall–Kier alpha value is -3.24. The second-order valence-corrected chi connectivity index (χ2v) is 9.19. The number of carbonyl (C=O) groups is 1. The molecule has 11 heteroatoms. The molecular weight excluding hydrogens is 566 g/mol. The fourth-order valence-corrected chi connectivity index (χ4v) is 4.27. The van der Waals surface area contributed by atoms with Gasteiger partial charge in [0.1, 0.15) is 17.5 Å². The van der Waals surface area contributed by atoms with Gasteiger partial charge in [0, 0.05) is 20.4 Å². The third kappa shape index (κ3) is 5.76. The van der Waals surface area contributed by atoms with Gasteiger partial charge in [-0.3, -0.25) is 4.79 Å². The monoisotopic (exact) mass is 581 g/mol. The van der Waals surface area contributed by atoms with E-state index in [9.17, 15) is 22.4 Å². The Balaban J connectivity index is 1.67. The predicted octanol–water partition coefficient (Wildman–Crippen LogP) is 7.61. The van der Waals surface area contributed by atoms with Gasteiger partial charge in [0.2, 0.25) is 0 Å². The summed E-state index contributed by atoms with van der Waals surface area (Å²) in [6.07, 6.45) is -6.21. The van der Waals surface area contributed by atoms with Crippen molar-refractivity contribution < 1.29 is 27.1 Å². The van der Waals surface area contributed by atoms with Crippen LogP contribution in [0.2, 0.25) is 5.02 Å². The number of nitrogens with zero attached hydrogens (tertiary/aromatic N) is 2. The van der Waals surface area contributed by atoms with Crippen LogP contribution in [0.15, 0.2) is 65.1 Å². The highest BCUT2D eigenvalue weighted by atomic mass is 79.9. The second kappa shape index (κ2) is 10.4. The van der Waals surface area contributed by atoms with Crippen molar-refractivity contribution in [2.45, 2.75) is 19.3 Å². The van der Waals surface area contributed by atoms with E-state index in [0.29, 0.717) is 15.4 Å². The minimum Gasteiger partial charge on any atom is -0.437 e. The normalized spacial score (nSPS) is 12.4. The lowest BCUT2D eigenvalue weighted by Gasteiger charge is -2.15. The Morgan fingerprint density at radius 3 is 2.61 bits per heavy atom. The van der Waals surface area contributed by atoms with Crippen LogP contribution in [-0.2, 0) is 6.18 Å². The molecule has 0 aliphatic heterocycles. The number of halogens is 6. The molecule has 1 heterocycles.